The van der Waals surface area contributed by atoms with Gasteiger partial charge in [0.15, 0.2) is 0 Å². The van der Waals surface area contributed by atoms with Crippen molar-refractivity contribution in [2.24, 2.45) is 5.92 Å². The summed E-state index contributed by atoms with van der Waals surface area (Å²) in [6.45, 7) is 8.82. The molecule has 3 aromatic rings. The molecule has 1 fully saturated rings. The monoisotopic (exact) mass is 665 g/mol. The Balaban J connectivity index is 1.26. The standard InChI is InChI=1S/C35H38F3N5O5/c1-21(41-31(44)30-18-39-17-29(42-30)24-11-13-43(14-12-24)32(45)26-19-47-20-26)22-5-7-23(8-6-22)28-15-27(35(36,37)38)10-9-25(28)16-40-33(46)48-34(2,3)4/h5-11,15,17-18,21,26H,12-14,16,19-20H2,1-4H3,(H,40,46)(H,41,44)/t21-/m1/s1. The molecule has 2 aliphatic rings. The first-order chi connectivity index (χ1) is 22.7. The normalized spacial score (nSPS) is 16.0. The number of benzene rings is 2. The van der Waals surface area contributed by atoms with Crippen LogP contribution in [0.25, 0.3) is 16.7 Å². The maximum atomic E-state index is 13.6. The number of nitrogens with one attached hydrogen (secondary N) is 2. The van der Waals surface area contributed by atoms with Gasteiger partial charge in [-0.05, 0) is 74.1 Å². The number of alkyl halides is 3. The molecule has 0 bridgehead atoms. The van der Waals surface area contributed by atoms with E-state index in [9.17, 15) is 27.6 Å². The smallest absolute Gasteiger partial charge is 0.416 e. The van der Waals surface area contributed by atoms with Gasteiger partial charge in [0.1, 0.15) is 11.3 Å². The average molecular weight is 666 g/mol. The van der Waals surface area contributed by atoms with E-state index in [2.05, 4.69) is 20.6 Å². The number of alkyl carbamates (subject to hydrolysis) is 1. The molecule has 0 aliphatic carbocycles. The summed E-state index contributed by atoms with van der Waals surface area (Å²) in [5.74, 6) is -0.424. The second kappa shape index (κ2) is 14.1. The van der Waals surface area contributed by atoms with E-state index in [4.69, 9.17) is 9.47 Å². The van der Waals surface area contributed by atoms with Crippen LogP contribution in [0.2, 0.25) is 0 Å². The van der Waals surface area contributed by atoms with Crippen molar-refractivity contribution in [3.05, 3.63) is 89.0 Å². The topological polar surface area (TPSA) is 123 Å². The number of carbonyl (C=O) groups excluding carboxylic acids is 3. The van der Waals surface area contributed by atoms with Gasteiger partial charge in [0.25, 0.3) is 5.91 Å². The van der Waals surface area contributed by atoms with Gasteiger partial charge < -0.3 is 25.0 Å². The lowest BCUT2D eigenvalue weighted by Crippen LogP contribution is -2.46. The van der Waals surface area contributed by atoms with E-state index in [1.165, 1.54) is 12.3 Å². The summed E-state index contributed by atoms with van der Waals surface area (Å²) >= 11 is 0. The summed E-state index contributed by atoms with van der Waals surface area (Å²) in [7, 11) is 0. The average Bonchev–Trinajstić information content (AvgIpc) is 3.02. The van der Waals surface area contributed by atoms with E-state index in [0.29, 0.717) is 60.7 Å². The van der Waals surface area contributed by atoms with Crippen LogP contribution < -0.4 is 10.6 Å². The summed E-state index contributed by atoms with van der Waals surface area (Å²) in [6.07, 6.45) is 0.255. The Kier molecular flexibility index (Phi) is 10.2. The van der Waals surface area contributed by atoms with Crippen LogP contribution in [-0.2, 0) is 27.0 Å². The Bertz CT molecular complexity index is 1700. The van der Waals surface area contributed by atoms with Gasteiger partial charge in [-0.25, -0.2) is 9.78 Å². The molecule has 2 aliphatic heterocycles. The van der Waals surface area contributed by atoms with Crippen molar-refractivity contribution in [3.8, 4) is 11.1 Å². The quantitative estimate of drug-likeness (QED) is 0.305. The number of hydrogen-bond acceptors (Lipinski definition) is 7. The number of hydrogen-bond donors (Lipinski definition) is 2. The third-order valence-electron chi connectivity index (χ3n) is 8.03. The third-order valence-corrected chi connectivity index (χ3v) is 8.03. The Morgan fingerprint density at radius 3 is 2.40 bits per heavy atom. The van der Waals surface area contributed by atoms with Crippen LogP contribution >= 0.6 is 0 Å². The predicted molar refractivity (Wildman–Crippen MR) is 171 cm³/mol. The molecule has 2 N–H and O–H groups in total. The molecular formula is C35H38F3N5O5. The van der Waals surface area contributed by atoms with E-state index >= 15 is 0 Å². The second-order valence-electron chi connectivity index (χ2n) is 12.8. The van der Waals surface area contributed by atoms with Crippen molar-refractivity contribution in [2.45, 2.75) is 58.5 Å². The van der Waals surface area contributed by atoms with Gasteiger partial charge >= 0.3 is 12.3 Å². The Labute approximate surface area is 276 Å². The largest absolute Gasteiger partial charge is 0.444 e. The third kappa shape index (κ3) is 8.57. The number of ether oxygens (including phenoxy) is 2. The number of halogens is 3. The minimum absolute atomic E-state index is 0.0418. The zero-order valence-electron chi connectivity index (χ0n) is 27.2. The summed E-state index contributed by atoms with van der Waals surface area (Å²) in [6, 6.07) is 9.71. The molecule has 1 aromatic heterocycles. The molecule has 0 spiro atoms. The molecule has 3 heterocycles. The molecule has 0 unspecified atom stereocenters. The molecule has 254 valence electrons. The van der Waals surface area contributed by atoms with Crippen molar-refractivity contribution in [1.82, 2.24) is 25.5 Å². The second-order valence-corrected chi connectivity index (χ2v) is 12.8. The lowest BCUT2D eigenvalue weighted by molar-refractivity contribution is -0.149. The lowest BCUT2D eigenvalue weighted by Gasteiger charge is -2.33. The number of rotatable bonds is 8. The minimum atomic E-state index is -4.55. The molecule has 48 heavy (non-hydrogen) atoms. The fourth-order valence-corrected chi connectivity index (χ4v) is 5.33. The summed E-state index contributed by atoms with van der Waals surface area (Å²) in [4.78, 5) is 48.4. The van der Waals surface area contributed by atoms with Gasteiger partial charge in [0.05, 0.1) is 48.8 Å². The van der Waals surface area contributed by atoms with Gasteiger partial charge in [-0.2, -0.15) is 13.2 Å². The number of carbonyl (C=O) groups is 3. The SMILES string of the molecule is C[C@@H](NC(=O)c1cncc(C2=CCN(C(=O)C3COC3)CC2)n1)c1ccc(-c2cc(C(F)(F)F)ccc2CNC(=O)OC(C)(C)C)cc1. The van der Waals surface area contributed by atoms with Gasteiger partial charge in [-0.1, -0.05) is 36.4 Å². The van der Waals surface area contributed by atoms with Crippen molar-refractivity contribution < 1.29 is 37.0 Å². The molecule has 5 rings (SSSR count). The highest BCUT2D eigenvalue weighted by molar-refractivity contribution is 5.92. The Hall–Kier alpha value is -4.78. The van der Waals surface area contributed by atoms with Crippen LogP contribution in [0.15, 0.2) is 60.9 Å². The highest BCUT2D eigenvalue weighted by atomic mass is 19.4. The van der Waals surface area contributed by atoms with E-state index in [1.807, 2.05) is 6.08 Å². The first kappa shape index (κ1) is 34.6. The van der Waals surface area contributed by atoms with Gasteiger partial charge in [-0.15, -0.1) is 0 Å². The van der Waals surface area contributed by atoms with Crippen molar-refractivity contribution in [3.63, 3.8) is 0 Å². The van der Waals surface area contributed by atoms with Crippen LogP contribution in [0, 0.1) is 5.92 Å². The van der Waals surface area contributed by atoms with Crippen LogP contribution in [0.4, 0.5) is 18.0 Å². The maximum absolute atomic E-state index is 13.6. The highest BCUT2D eigenvalue weighted by Gasteiger charge is 2.32. The van der Waals surface area contributed by atoms with Gasteiger partial charge in [0.2, 0.25) is 5.91 Å². The van der Waals surface area contributed by atoms with Crippen molar-refractivity contribution in [1.29, 1.82) is 0 Å². The lowest BCUT2D eigenvalue weighted by atomic mass is 9.95. The molecule has 0 radical (unpaired) electrons. The molecule has 0 saturated carbocycles. The summed E-state index contributed by atoms with van der Waals surface area (Å²) in [5, 5.41) is 5.51. The van der Waals surface area contributed by atoms with E-state index in [-0.39, 0.29) is 24.1 Å². The van der Waals surface area contributed by atoms with Crippen LogP contribution in [0.5, 0.6) is 0 Å². The molecule has 3 amide bonds. The van der Waals surface area contributed by atoms with Crippen LogP contribution in [0.1, 0.15) is 73.0 Å². The highest BCUT2D eigenvalue weighted by Crippen LogP contribution is 2.35. The van der Waals surface area contributed by atoms with Crippen molar-refractivity contribution in [2.75, 3.05) is 26.3 Å². The number of nitrogens with zero attached hydrogens (tertiary/aromatic N) is 3. The van der Waals surface area contributed by atoms with Gasteiger partial charge in [0, 0.05) is 19.6 Å². The van der Waals surface area contributed by atoms with Crippen molar-refractivity contribution >= 4 is 23.5 Å². The Morgan fingerprint density at radius 1 is 1.06 bits per heavy atom. The zero-order valence-corrected chi connectivity index (χ0v) is 27.2. The predicted octanol–water partition coefficient (Wildman–Crippen LogP) is 5.94. The van der Waals surface area contributed by atoms with E-state index in [1.54, 1.807) is 63.1 Å². The minimum Gasteiger partial charge on any atom is -0.444 e. The fourth-order valence-electron chi connectivity index (χ4n) is 5.33. The Morgan fingerprint density at radius 2 is 1.79 bits per heavy atom. The summed E-state index contributed by atoms with van der Waals surface area (Å²) in [5.41, 5.74) is 2.06. The molecule has 10 nitrogen and oxygen atoms in total. The van der Waals surface area contributed by atoms with Crippen LogP contribution in [0.3, 0.4) is 0 Å². The maximum Gasteiger partial charge on any atom is 0.416 e. The molecule has 13 heteroatoms. The van der Waals surface area contributed by atoms with E-state index < -0.39 is 35.4 Å². The zero-order chi connectivity index (χ0) is 34.6. The van der Waals surface area contributed by atoms with Crippen LogP contribution in [-0.4, -0.2) is 64.7 Å². The number of aromatic nitrogens is 2. The number of amides is 3. The molecular weight excluding hydrogens is 627 g/mol. The first-order valence-electron chi connectivity index (χ1n) is 15.6. The molecule has 1 saturated heterocycles. The molecule has 2 aromatic carbocycles. The summed E-state index contributed by atoms with van der Waals surface area (Å²) < 4.78 is 51.2. The van der Waals surface area contributed by atoms with E-state index in [0.717, 1.165) is 17.7 Å². The fraction of sp³-hybridized carbons (Fsp3) is 0.400. The van der Waals surface area contributed by atoms with Gasteiger partial charge in [-0.3, -0.25) is 14.6 Å². The molecule has 1 atom stereocenters. The first-order valence-corrected chi connectivity index (χ1v) is 15.6.